The van der Waals surface area contributed by atoms with Crippen molar-refractivity contribution in [2.75, 3.05) is 0 Å². The van der Waals surface area contributed by atoms with Crippen LogP contribution in [0.5, 0.6) is 5.75 Å². The lowest BCUT2D eigenvalue weighted by atomic mass is 9.99. The first-order valence-corrected chi connectivity index (χ1v) is 7.90. The van der Waals surface area contributed by atoms with E-state index in [4.69, 9.17) is 11.6 Å². The van der Waals surface area contributed by atoms with E-state index >= 15 is 0 Å². The molecule has 1 aromatic heterocycles. The molecule has 0 aliphatic heterocycles. The van der Waals surface area contributed by atoms with Crippen molar-refractivity contribution in [1.29, 1.82) is 0 Å². The van der Waals surface area contributed by atoms with E-state index < -0.39 is 5.60 Å². The number of phenols is 1. The normalized spacial score (nSPS) is 13.3. The van der Waals surface area contributed by atoms with Crippen molar-refractivity contribution in [2.45, 2.75) is 51.7 Å². The van der Waals surface area contributed by atoms with Gasteiger partial charge >= 0.3 is 0 Å². The first kappa shape index (κ1) is 16.8. The molecule has 0 bridgehead atoms. The first-order chi connectivity index (χ1) is 10.3. The molecule has 5 heteroatoms. The van der Waals surface area contributed by atoms with E-state index in [9.17, 15) is 10.2 Å². The summed E-state index contributed by atoms with van der Waals surface area (Å²) in [6, 6.07) is 5.38. The van der Waals surface area contributed by atoms with Gasteiger partial charge in [0, 0.05) is 24.0 Å². The number of halogens is 1. The van der Waals surface area contributed by atoms with Crippen molar-refractivity contribution in [3.63, 3.8) is 0 Å². The molecule has 0 saturated heterocycles. The standard InChI is InChI=1S/C17H23ClN2O2/c1-12(5-4-8-17(2,3)22)20-10-9-19-16(20)13-6-7-15(21)14(18)11-13/h6-7,9-12,21-22H,4-5,8H2,1-3H3/t12-/m1/s1. The second-order valence-electron chi connectivity index (χ2n) is 6.38. The molecule has 22 heavy (non-hydrogen) atoms. The van der Waals surface area contributed by atoms with Crippen LogP contribution in [0.2, 0.25) is 5.02 Å². The lowest BCUT2D eigenvalue weighted by Crippen LogP contribution is -2.18. The lowest BCUT2D eigenvalue weighted by Gasteiger charge is -2.20. The molecule has 0 fully saturated rings. The average molecular weight is 323 g/mol. The van der Waals surface area contributed by atoms with Crippen LogP contribution in [0.4, 0.5) is 0 Å². The number of benzene rings is 1. The zero-order chi connectivity index (χ0) is 16.3. The average Bonchev–Trinajstić information content (AvgIpc) is 2.89. The van der Waals surface area contributed by atoms with Gasteiger partial charge in [-0.2, -0.15) is 0 Å². The maximum Gasteiger partial charge on any atom is 0.140 e. The molecule has 0 unspecified atom stereocenters. The van der Waals surface area contributed by atoms with Crippen LogP contribution in [-0.2, 0) is 0 Å². The van der Waals surface area contributed by atoms with Crippen molar-refractivity contribution >= 4 is 11.6 Å². The Labute approximate surface area is 136 Å². The number of phenolic OH excluding ortho intramolecular Hbond substituents is 1. The number of aliphatic hydroxyl groups is 1. The first-order valence-electron chi connectivity index (χ1n) is 7.52. The second-order valence-corrected chi connectivity index (χ2v) is 6.79. The van der Waals surface area contributed by atoms with Crippen LogP contribution in [0, 0.1) is 0 Å². The summed E-state index contributed by atoms with van der Waals surface area (Å²) in [4.78, 5) is 4.41. The van der Waals surface area contributed by atoms with Gasteiger partial charge in [-0.1, -0.05) is 11.6 Å². The number of nitrogens with zero attached hydrogens (tertiary/aromatic N) is 2. The summed E-state index contributed by atoms with van der Waals surface area (Å²) in [5.74, 6) is 0.902. The maximum absolute atomic E-state index is 9.79. The Kier molecular flexibility index (Phi) is 5.14. The molecule has 0 aliphatic rings. The summed E-state index contributed by atoms with van der Waals surface area (Å²) < 4.78 is 2.10. The fourth-order valence-electron chi connectivity index (χ4n) is 2.51. The quantitative estimate of drug-likeness (QED) is 0.828. The Bertz CT molecular complexity index is 632. The molecule has 2 rings (SSSR count). The van der Waals surface area contributed by atoms with E-state index in [1.54, 1.807) is 18.3 Å². The van der Waals surface area contributed by atoms with Crippen molar-refractivity contribution < 1.29 is 10.2 Å². The van der Waals surface area contributed by atoms with Gasteiger partial charge in [0.1, 0.15) is 11.6 Å². The summed E-state index contributed by atoms with van der Waals surface area (Å²) >= 11 is 5.98. The van der Waals surface area contributed by atoms with E-state index in [2.05, 4.69) is 16.5 Å². The molecule has 1 aromatic carbocycles. The maximum atomic E-state index is 9.79. The molecule has 120 valence electrons. The highest BCUT2D eigenvalue weighted by Gasteiger charge is 2.16. The molecule has 0 saturated carbocycles. The third-order valence-electron chi connectivity index (χ3n) is 3.76. The van der Waals surface area contributed by atoms with Gasteiger partial charge in [-0.15, -0.1) is 0 Å². The van der Waals surface area contributed by atoms with Gasteiger partial charge in [-0.05, 0) is 58.2 Å². The third kappa shape index (κ3) is 4.24. The molecule has 0 spiro atoms. The van der Waals surface area contributed by atoms with Crippen LogP contribution >= 0.6 is 11.6 Å². The molecule has 1 heterocycles. The monoisotopic (exact) mass is 322 g/mol. The molecule has 2 N–H and O–H groups in total. The summed E-state index contributed by atoms with van der Waals surface area (Å²) in [6.45, 7) is 5.80. The molecule has 0 aliphatic carbocycles. The number of aromatic nitrogens is 2. The topological polar surface area (TPSA) is 58.3 Å². The van der Waals surface area contributed by atoms with Crippen molar-refractivity contribution in [1.82, 2.24) is 9.55 Å². The van der Waals surface area contributed by atoms with Crippen LogP contribution in [0.25, 0.3) is 11.4 Å². The minimum absolute atomic E-state index is 0.0711. The van der Waals surface area contributed by atoms with Crippen LogP contribution in [0.1, 0.15) is 46.1 Å². The fourth-order valence-corrected chi connectivity index (χ4v) is 2.69. The molecule has 1 atom stereocenters. The molecular weight excluding hydrogens is 300 g/mol. The Balaban J connectivity index is 2.13. The second kappa shape index (κ2) is 6.71. The van der Waals surface area contributed by atoms with Gasteiger partial charge in [0.15, 0.2) is 0 Å². The van der Waals surface area contributed by atoms with E-state index in [0.29, 0.717) is 5.02 Å². The number of aromatic hydroxyl groups is 1. The lowest BCUT2D eigenvalue weighted by molar-refractivity contribution is 0.0672. The summed E-state index contributed by atoms with van der Waals surface area (Å²) in [7, 11) is 0. The zero-order valence-electron chi connectivity index (χ0n) is 13.3. The van der Waals surface area contributed by atoms with Crippen LogP contribution in [0.15, 0.2) is 30.6 Å². The van der Waals surface area contributed by atoms with E-state index in [1.807, 2.05) is 26.1 Å². The SMILES string of the molecule is C[C@H](CCCC(C)(C)O)n1ccnc1-c1ccc(O)c(Cl)c1. The summed E-state index contributed by atoms with van der Waals surface area (Å²) in [6.07, 6.45) is 6.39. The summed E-state index contributed by atoms with van der Waals surface area (Å²) in [5.41, 5.74) is 0.254. The third-order valence-corrected chi connectivity index (χ3v) is 4.06. The highest BCUT2D eigenvalue weighted by atomic mass is 35.5. The minimum atomic E-state index is -0.623. The molecule has 0 radical (unpaired) electrons. The predicted molar refractivity (Wildman–Crippen MR) is 89.2 cm³/mol. The smallest absolute Gasteiger partial charge is 0.140 e. The molecule has 4 nitrogen and oxygen atoms in total. The van der Waals surface area contributed by atoms with Crippen molar-refractivity contribution in [3.05, 3.63) is 35.6 Å². The number of hydrogen-bond donors (Lipinski definition) is 2. The molecular formula is C17H23ClN2O2. The predicted octanol–water partition coefficient (Wildman–Crippen LogP) is 4.41. The van der Waals surface area contributed by atoms with Crippen LogP contribution in [-0.4, -0.2) is 25.4 Å². The van der Waals surface area contributed by atoms with Gasteiger partial charge in [-0.3, -0.25) is 0 Å². The van der Waals surface area contributed by atoms with E-state index in [-0.39, 0.29) is 11.8 Å². The Morgan fingerprint density at radius 3 is 2.73 bits per heavy atom. The number of rotatable bonds is 6. The van der Waals surface area contributed by atoms with Gasteiger partial charge < -0.3 is 14.8 Å². The van der Waals surface area contributed by atoms with Crippen LogP contribution in [0.3, 0.4) is 0 Å². The largest absolute Gasteiger partial charge is 0.506 e. The zero-order valence-corrected chi connectivity index (χ0v) is 14.0. The van der Waals surface area contributed by atoms with Crippen LogP contribution < -0.4 is 0 Å². The van der Waals surface area contributed by atoms with Gasteiger partial charge in [0.05, 0.1) is 10.6 Å². The van der Waals surface area contributed by atoms with Gasteiger partial charge in [-0.25, -0.2) is 4.98 Å². The Morgan fingerprint density at radius 1 is 1.36 bits per heavy atom. The highest BCUT2D eigenvalue weighted by Crippen LogP contribution is 2.30. The van der Waals surface area contributed by atoms with Gasteiger partial charge in [0.25, 0.3) is 0 Å². The van der Waals surface area contributed by atoms with Crippen molar-refractivity contribution in [3.8, 4) is 17.1 Å². The Hall–Kier alpha value is -1.52. The van der Waals surface area contributed by atoms with E-state index in [1.165, 1.54) is 0 Å². The van der Waals surface area contributed by atoms with Gasteiger partial charge in [0.2, 0.25) is 0 Å². The number of imidazole rings is 1. The Morgan fingerprint density at radius 2 is 2.09 bits per heavy atom. The molecule has 0 amide bonds. The minimum Gasteiger partial charge on any atom is -0.506 e. The fraction of sp³-hybridized carbons (Fsp3) is 0.471. The molecule has 2 aromatic rings. The number of hydrogen-bond acceptors (Lipinski definition) is 3. The highest BCUT2D eigenvalue weighted by molar-refractivity contribution is 6.32. The van der Waals surface area contributed by atoms with E-state index in [0.717, 1.165) is 30.7 Å². The summed E-state index contributed by atoms with van der Waals surface area (Å²) in [5, 5.41) is 19.6. The van der Waals surface area contributed by atoms with Crippen molar-refractivity contribution in [2.24, 2.45) is 0 Å².